The molecule has 1 N–H and O–H groups in total. The minimum absolute atomic E-state index is 0.445. The fourth-order valence-corrected chi connectivity index (χ4v) is 2.75. The number of nitrogens with one attached hydrogen (secondary N) is 1. The van der Waals surface area contributed by atoms with E-state index in [1.54, 1.807) is 6.07 Å². The summed E-state index contributed by atoms with van der Waals surface area (Å²) in [5.74, 6) is 0. The molecule has 0 atom stereocenters. The van der Waals surface area contributed by atoms with E-state index >= 15 is 0 Å². The van der Waals surface area contributed by atoms with E-state index in [9.17, 15) is 4.79 Å². The molecule has 0 fully saturated rings. The first kappa shape index (κ1) is 11.9. The Labute approximate surface area is 121 Å². The summed E-state index contributed by atoms with van der Waals surface area (Å²) in [6, 6.07) is 19.9. The number of pyridine rings is 1. The van der Waals surface area contributed by atoms with Gasteiger partial charge in [0.2, 0.25) is 0 Å². The van der Waals surface area contributed by atoms with Crippen molar-refractivity contribution in [1.29, 1.82) is 0 Å². The van der Waals surface area contributed by atoms with Crippen molar-refractivity contribution in [3.63, 3.8) is 0 Å². The highest BCUT2D eigenvalue weighted by atomic mass is 16.1. The highest BCUT2D eigenvalue weighted by molar-refractivity contribution is 6.11. The Morgan fingerprint density at radius 1 is 0.857 bits per heavy atom. The van der Waals surface area contributed by atoms with Gasteiger partial charge in [-0.1, -0.05) is 42.5 Å². The average molecular weight is 272 g/mol. The maximum atomic E-state index is 10.9. The van der Waals surface area contributed by atoms with Crippen molar-refractivity contribution in [3.8, 4) is 11.3 Å². The second-order valence-electron chi connectivity index (χ2n) is 4.96. The van der Waals surface area contributed by atoms with Gasteiger partial charge in [0.05, 0.1) is 11.2 Å². The van der Waals surface area contributed by atoms with Gasteiger partial charge in [-0.15, -0.1) is 0 Å². The van der Waals surface area contributed by atoms with Crippen LogP contribution in [0.5, 0.6) is 0 Å². The van der Waals surface area contributed by atoms with Crippen LogP contribution in [0.4, 0.5) is 0 Å². The van der Waals surface area contributed by atoms with Crippen molar-refractivity contribution in [1.82, 2.24) is 9.97 Å². The monoisotopic (exact) mass is 272 g/mol. The molecule has 0 saturated heterocycles. The van der Waals surface area contributed by atoms with Crippen LogP contribution in [0.3, 0.4) is 0 Å². The van der Waals surface area contributed by atoms with Crippen LogP contribution in [-0.4, -0.2) is 16.3 Å². The van der Waals surface area contributed by atoms with Gasteiger partial charge in [0, 0.05) is 21.9 Å². The minimum Gasteiger partial charge on any atom is -0.354 e. The van der Waals surface area contributed by atoms with Gasteiger partial charge in [-0.2, -0.15) is 0 Å². The van der Waals surface area contributed by atoms with Gasteiger partial charge >= 0.3 is 0 Å². The molecule has 0 saturated carbocycles. The van der Waals surface area contributed by atoms with Crippen LogP contribution in [-0.2, 0) is 0 Å². The Bertz CT molecular complexity index is 969. The van der Waals surface area contributed by atoms with Crippen molar-refractivity contribution in [2.24, 2.45) is 0 Å². The van der Waals surface area contributed by atoms with E-state index in [-0.39, 0.29) is 0 Å². The molecule has 0 amide bonds. The third-order valence-corrected chi connectivity index (χ3v) is 3.71. The first-order chi connectivity index (χ1) is 10.4. The third-order valence-electron chi connectivity index (χ3n) is 3.71. The molecule has 0 bridgehead atoms. The summed E-state index contributed by atoms with van der Waals surface area (Å²) in [5, 5.41) is 2.36. The van der Waals surface area contributed by atoms with Gasteiger partial charge in [-0.3, -0.25) is 4.79 Å². The van der Waals surface area contributed by atoms with Gasteiger partial charge in [0.15, 0.2) is 6.29 Å². The summed E-state index contributed by atoms with van der Waals surface area (Å²) in [7, 11) is 0. The predicted molar refractivity (Wildman–Crippen MR) is 84.4 cm³/mol. The lowest BCUT2D eigenvalue weighted by Crippen LogP contribution is -1.90. The Hall–Kier alpha value is -2.94. The molecule has 0 unspecified atom stereocenters. The number of aldehydes is 1. The summed E-state index contributed by atoms with van der Waals surface area (Å²) in [6.07, 6.45) is 0.773. The molecule has 2 aromatic carbocycles. The molecule has 2 aromatic heterocycles. The van der Waals surface area contributed by atoms with E-state index < -0.39 is 0 Å². The molecular formula is C18H12N2O. The van der Waals surface area contributed by atoms with Gasteiger partial charge in [-0.25, -0.2) is 4.98 Å². The number of para-hydroxylation sites is 2. The Morgan fingerprint density at radius 2 is 1.67 bits per heavy atom. The number of benzene rings is 2. The van der Waals surface area contributed by atoms with E-state index in [2.05, 4.69) is 28.2 Å². The Morgan fingerprint density at radius 3 is 2.57 bits per heavy atom. The van der Waals surface area contributed by atoms with Gasteiger partial charge in [0.25, 0.3) is 0 Å². The number of aromatic amines is 1. The molecule has 2 heterocycles. The molecular weight excluding hydrogens is 260 g/mol. The highest BCUT2D eigenvalue weighted by Crippen LogP contribution is 2.32. The molecule has 0 aliphatic heterocycles. The Kier molecular flexibility index (Phi) is 2.57. The van der Waals surface area contributed by atoms with Crippen molar-refractivity contribution in [2.75, 3.05) is 0 Å². The van der Waals surface area contributed by atoms with E-state index in [4.69, 9.17) is 0 Å². The number of hydrogen-bond acceptors (Lipinski definition) is 2. The molecule has 0 aliphatic carbocycles. The zero-order valence-electron chi connectivity index (χ0n) is 11.2. The molecule has 21 heavy (non-hydrogen) atoms. The maximum Gasteiger partial charge on any atom is 0.168 e. The van der Waals surface area contributed by atoms with Crippen molar-refractivity contribution < 1.29 is 4.79 Å². The first-order valence-electron chi connectivity index (χ1n) is 6.79. The first-order valence-corrected chi connectivity index (χ1v) is 6.79. The van der Waals surface area contributed by atoms with E-state index in [1.165, 1.54) is 10.8 Å². The number of hydrogen-bond donors (Lipinski definition) is 1. The maximum absolute atomic E-state index is 10.9. The number of carbonyl (C=O) groups is 1. The number of aromatic nitrogens is 2. The third kappa shape index (κ3) is 1.82. The van der Waals surface area contributed by atoms with E-state index in [0.29, 0.717) is 5.69 Å². The summed E-state index contributed by atoms with van der Waals surface area (Å²) >= 11 is 0. The van der Waals surface area contributed by atoms with Crippen molar-refractivity contribution in [2.45, 2.75) is 0 Å². The second kappa shape index (κ2) is 4.56. The summed E-state index contributed by atoms with van der Waals surface area (Å²) in [6.45, 7) is 0. The van der Waals surface area contributed by atoms with E-state index in [0.717, 1.165) is 28.6 Å². The zero-order valence-corrected chi connectivity index (χ0v) is 11.2. The lowest BCUT2D eigenvalue weighted by molar-refractivity contribution is 0.111. The zero-order chi connectivity index (χ0) is 14.2. The summed E-state index contributed by atoms with van der Waals surface area (Å²) in [4.78, 5) is 18.8. The molecule has 0 aliphatic rings. The Balaban J connectivity index is 2.06. The van der Waals surface area contributed by atoms with Gasteiger partial charge in [0.1, 0.15) is 5.69 Å². The molecule has 4 aromatic rings. The van der Waals surface area contributed by atoms with E-state index in [1.807, 2.05) is 36.4 Å². The van der Waals surface area contributed by atoms with Crippen LogP contribution in [0.15, 0.2) is 60.7 Å². The van der Waals surface area contributed by atoms with Crippen LogP contribution < -0.4 is 0 Å². The summed E-state index contributed by atoms with van der Waals surface area (Å²) in [5.41, 5.74) is 4.41. The van der Waals surface area contributed by atoms with Crippen LogP contribution >= 0.6 is 0 Å². The quantitative estimate of drug-likeness (QED) is 0.556. The highest BCUT2D eigenvalue weighted by Gasteiger charge is 2.10. The smallest absolute Gasteiger partial charge is 0.168 e. The topological polar surface area (TPSA) is 45.8 Å². The number of rotatable bonds is 2. The predicted octanol–water partition coefficient (Wildman–Crippen LogP) is 4.20. The number of nitrogens with zero attached hydrogens (tertiary/aromatic N) is 1. The lowest BCUT2D eigenvalue weighted by Gasteiger charge is -2.03. The number of carbonyl (C=O) groups excluding carboxylic acids is 1. The molecule has 100 valence electrons. The molecule has 3 heteroatoms. The molecule has 0 radical (unpaired) electrons. The average Bonchev–Trinajstić information content (AvgIpc) is 2.93. The standard InChI is InChI=1S/C18H12N2O/c21-11-12-5-3-10-17(19-12)15-8-4-7-14-13-6-1-2-9-16(13)20-18(14)15/h1-11,20H. The fourth-order valence-electron chi connectivity index (χ4n) is 2.75. The molecule has 0 spiro atoms. The van der Waals surface area contributed by atoms with Crippen LogP contribution in [0.2, 0.25) is 0 Å². The minimum atomic E-state index is 0.445. The van der Waals surface area contributed by atoms with Crippen LogP contribution in [0, 0.1) is 0 Å². The number of H-pyrrole nitrogens is 1. The van der Waals surface area contributed by atoms with Crippen LogP contribution in [0.25, 0.3) is 33.1 Å². The van der Waals surface area contributed by atoms with Crippen LogP contribution in [0.1, 0.15) is 10.5 Å². The molecule has 3 nitrogen and oxygen atoms in total. The second-order valence-corrected chi connectivity index (χ2v) is 4.96. The van der Waals surface area contributed by atoms with Crippen molar-refractivity contribution >= 4 is 28.1 Å². The fraction of sp³-hybridized carbons (Fsp3) is 0. The number of fused-ring (bicyclic) bond motifs is 3. The van der Waals surface area contributed by atoms with Crippen molar-refractivity contribution in [3.05, 3.63) is 66.4 Å². The SMILES string of the molecule is O=Cc1cccc(-c2cccc3c2[nH]c2ccccc23)n1. The van der Waals surface area contributed by atoms with Gasteiger partial charge in [-0.05, 0) is 18.2 Å². The normalized spacial score (nSPS) is 11.0. The largest absolute Gasteiger partial charge is 0.354 e. The summed E-state index contributed by atoms with van der Waals surface area (Å²) < 4.78 is 0. The van der Waals surface area contributed by atoms with Gasteiger partial charge < -0.3 is 4.98 Å². The molecule has 4 rings (SSSR count). The lowest BCUT2D eigenvalue weighted by atomic mass is 10.1.